The van der Waals surface area contributed by atoms with Gasteiger partial charge in [-0.3, -0.25) is 5.23 Å². The van der Waals surface area contributed by atoms with Crippen molar-refractivity contribution in [3.63, 3.8) is 0 Å². The van der Waals surface area contributed by atoms with Crippen LogP contribution >= 0.6 is 0 Å². The quantitative estimate of drug-likeness (QED) is 0.479. The van der Waals surface area contributed by atoms with Crippen molar-refractivity contribution in [3.8, 4) is 0 Å². The molecule has 0 radical (unpaired) electrons. The molecular weight excluding hydrogens is 146 g/mol. The van der Waals surface area contributed by atoms with Gasteiger partial charge >= 0.3 is 0 Å². The van der Waals surface area contributed by atoms with Crippen molar-refractivity contribution >= 4 is 0 Å². The molecule has 0 fully saturated rings. The zero-order chi connectivity index (χ0) is 8.91. The largest absolute Gasteiger partial charge is 0.762 e. The molecule has 0 atom stereocenters. The van der Waals surface area contributed by atoms with Crippen LogP contribution < -0.4 is 11.5 Å². The second kappa shape index (κ2) is 4.63. The van der Waals surface area contributed by atoms with Crippen LogP contribution in [0.4, 0.5) is 0 Å². The molecule has 11 heavy (non-hydrogen) atoms. The van der Waals surface area contributed by atoms with Gasteiger partial charge < -0.3 is 21.9 Å². The Kier molecular flexibility index (Phi) is 4.55. The minimum absolute atomic E-state index is 0.0489. The van der Waals surface area contributed by atoms with Gasteiger partial charge in [-0.2, -0.15) is 0 Å². The predicted octanol–water partition coefficient (Wildman–Crippen LogP) is -0.368. The molecule has 0 aromatic rings. The summed E-state index contributed by atoms with van der Waals surface area (Å²) in [7, 11) is 0. The first kappa shape index (κ1) is 10.8. The maximum Gasteiger partial charge on any atom is 0.0323 e. The van der Waals surface area contributed by atoms with Crippen molar-refractivity contribution in [1.82, 2.24) is 5.23 Å². The van der Waals surface area contributed by atoms with E-state index < -0.39 is 5.54 Å². The number of nitrogens with zero attached hydrogens (tertiary/aromatic N) is 1. The lowest BCUT2D eigenvalue weighted by Gasteiger charge is -2.41. The lowest BCUT2D eigenvalue weighted by molar-refractivity contribution is -0.128. The first-order chi connectivity index (χ1) is 5.06. The highest BCUT2D eigenvalue weighted by atomic mass is 16.8. The molecule has 0 aromatic carbocycles. The van der Waals surface area contributed by atoms with Crippen LogP contribution in [0.1, 0.15) is 19.8 Å². The van der Waals surface area contributed by atoms with E-state index in [4.69, 9.17) is 16.7 Å². The third-order valence-corrected chi connectivity index (χ3v) is 1.83. The van der Waals surface area contributed by atoms with Crippen LogP contribution in [0.3, 0.4) is 0 Å². The van der Waals surface area contributed by atoms with Gasteiger partial charge in [-0.15, -0.1) is 0 Å². The van der Waals surface area contributed by atoms with Crippen molar-refractivity contribution in [2.45, 2.75) is 25.3 Å². The Morgan fingerprint density at radius 3 is 1.91 bits per heavy atom. The molecule has 0 aliphatic heterocycles. The number of hydroxylamine groups is 2. The van der Waals surface area contributed by atoms with Crippen LogP contribution in [0.15, 0.2) is 0 Å². The molecule has 0 saturated carbocycles. The summed E-state index contributed by atoms with van der Waals surface area (Å²) < 4.78 is 0. The monoisotopic (exact) mass is 162 g/mol. The third kappa shape index (κ3) is 3.13. The molecule has 0 bridgehead atoms. The van der Waals surface area contributed by atoms with Crippen LogP contribution in [-0.4, -0.2) is 29.1 Å². The van der Waals surface area contributed by atoms with Crippen molar-refractivity contribution in [1.29, 1.82) is 0 Å². The summed E-state index contributed by atoms with van der Waals surface area (Å²) in [6.45, 7) is 2.38. The summed E-state index contributed by atoms with van der Waals surface area (Å²) in [5.41, 5.74) is 9.71. The van der Waals surface area contributed by atoms with Crippen molar-refractivity contribution in [2.75, 3.05) is 13.1 Å². The highest BCUT2D eigenvalue weighted by molar-refractivity contribution is 4.82. The van der Waals surface area contributed by atoms with Crippen LogP contribution in [0, 0.1) is 5.21 Å². The number of nitrogens with two attached hydrogens (primary N) is 2. The van der Waals surface area contributed by atoms with Gasteiger partial charge in [0.1, 0.15) is 0 Å². The van der Waals surface area contributed by atoms with Crippen molar-refractivity contribution in [2.24, 2.45) is 11.5 Å². The fourth-order valence-corrected chi connectivity index (χ4v) is 0.938. The number of hydrogen-bond donors (Lipinski definition) is 3. The topological polar surface area (TPSA) is 98.6 Å². The van der Waals surface area contributed by atoms with Gasteiger partial charge in [0.15, 0.2) is 0 Å². The Morgan fingerprint density at radius 1 is 1.36 bits per heavy atom. The maximum absolute atomic E-state index is 10.6. The van der Waals surface area contributed by atoms with Crippen LogP contribution in [0.25, 0.3) is 0 Å². The van der Waals surface area contributed by atoms with E-state index in [2.05, 4.69) is 0 Å². The van der Waals surface area contributed by atoms with Crippen LogP contribution in [-0.2, 0) is 0 Å². The first-order valence-corrected chi connectivity index (χ1v) is 3.63. The molecule has 5 heteroatoms. The summed E-state index contributed by atoms with van der Waals surface area (Å²) in [4.78, 5) is 0. The van der Waals surface area contributed by atoms with E-state index in [-0.39, 0.29) is 5.23 Å². The van der Waals surface area contributed by atoms with E-state index in [1.54, 1.807) is 6.92 Å². The van der Waals surface area contributed by atoms with Gasteiger partial charge in [-0.1, -0.05) is 0 Å². The first-order valence-electron chi connectivity index (χ1n) is 3.63. The molecule has 5 N–H and O–H groups in total. The molecule has 0 saturated heterocycles. The van der Waals surface area contributed by atoms with Crippen molar-refractivity contribution < 1.29 is 5.21 Å². The zero-order valence-electron chi connectivity index (χ0n) is 6.79. The molecule has 0 spiro atoms. The highest BCUT2D eigenvalue weighted by Gasteiger charge is 2.23. The summed E-state index contributed by atoms with van der Waals surface area (Å²) >= 11 is 0. The standard InChI is InChI=1S/C6H16N3O2/c1-6(2-4-7,3-5-8)9(10)11/h10H,2-5,7-8H2,1H3/q-1. The molecule has 0 heterocycles. The van der Waals surface area contributed by atoms with Gasteiger partial charge in [-0.05, 0) is 32.9 Å². The molecule has 68 valence electrons. The number of hydrogen-bond acceptors (Lipinski definition) is 5. The van der Waals surface area contributed by atoms with Gasteiger partial charge in [0.2, 0.25) is 0 Å². The summed E-state index contributed by atoms with van der Waals surface area (Å²) in [5, 5.41) is 19.3. The lowest BCUT2D eigenvalue weighted by Crippen LogP contribution is -2.43. The molecule has 0 aliphatic rings. The van der Waals surface area contributed by atoms with E-state index in [1.807, 2.05) is 0 Å². The Bertz CT molecular complexity index is 102. The molecular formula is C6H16N3O2-. The molecule has 0 aromatic heterocycles. The summed E-state index contributed by atoms with van der Waals surface area (Å²) in [5.74, 6) is 0. The smallest absolute Gasteiger partial charge is 0.0323 e. The Balaban J connectivity index is 4.01. The second-order valence-corrected chi connectivity index (χ2v) is 2.85. The molecule has 5 nitrogen and oxygen atoms in total. The van der Waals surface area contributed by atoms with E-state index in [1.165, 1.54) is 0 Å². The Hall–Kier alpha value is -0.200. The van der Waals surface area contributed by atoms with Crippen LogP contribution in [0.5, 0.6) is 0 Å². The van der Waals surface area contributed by atoms with E-state index in [0.29, 0.717) is 25.9 Å². The molecule has 0 amide bonds. The lowest BCUT2D eigenvalue weighted by atomic mass is 9.94. The molecule has 0 aliphatic carbocycles. The Labute approximate surface area is 66.5 Å². The van der Waals surface area contributed by atoms with E-state index in [9.17, 15) is 5.21 Å². The molecule has 0 unspecified atom stereocenters. The average Bonchev–Trinajstić information content (AvgIpc) is 1.88. The summed E-state index contributed by atoms with van der Waals surface area (Å²) in [6, 6.07) is 0. The highest BCUT2D eigenvalue weighted by Crippen LogP contribution is 2.19. The Morgan fingerprint density at radius 2 is 1.73 bits per heavy atom. The summed E-state index contributed by atoms with van der Waals surface area (Å²) in [6.07, 6.45) is 0.897. The SMILES string of the molecule is CC(CCN)(CCN)N([O-])O. The van der Waals surface area contributed by atoms with Gasteiger partial charge in [0.25, 0.3) is 0 Å². The van der Waals surface area contributed by atoms with Gasteiger partial charge in [-0.25, -0.2) is 0 Å². The van der Waals surface area contributed by atoms with Crippen LogP contribution in [0.2, 0.25) is 0 Å². The third-order valence-electron chi connectivity index (χ3n) is 1.83. The zero-order valence-corrected chi connectivity index (χ0v) is 6.79. The second-order valence-electron chi connectivity index (χ2n) is 2.85. The van der Waals surface area contributed by atoms with Gasteiger partial charge in [0.05, 0.1) is 0 Å². The average molecular weight is 162 g/mol. The van der Waals surface area contributed by atoms with E-state index in [0.717, 1.165) is 0 Å². The minimum Gasteiger partial charge on any atom is -0.762 e. The minimum atomic E-state index is -0.816. The van der Waals surface area contributed by atoms with Crippen molar-refractivity contribution in [3.05, 3.63) is 5.21 Å². The number of rotatable bonds is 5. The fourth-order valence-electron chi connectivity index (χ4n) is 0.938. The van der Waals surface area contributed by atoms with Gasteiger partial charge in [0, 0.05) is 5.54 Å². The maximum atomic E-state index is 10.6. The van der Waals surface area contributed by atoms with E-state index >= 15 is 0 Å². The molecule has 0 rings (SSSR count). The fraction of sp³-hybridized carbons (Fsp3) is 1.00. The predicted molar refractivity (Wildman–Crippen MR) is 42.7 cm³/mol. The normalized spacial score (nSPS) is 12.5.